The molecule has 0 aromatic heterocycles. The van der Waals surface area contributed by atoms with E-state index >= 15 is 0 Å². The Morgan fingerprint density at radius 3 is 2.71 bits per heavy atom. The second kappa shape index (κ2) is 4.18. The topological polar surface area (TPSA) is 63.3 Å². The average Bonchev–Trinajstić information content (AvgIpc) is 2.29. The Hall–Kier alpha value is -1.87. The number of nitrogens with two attached hydrogens (primary N) is 1. The van der Waals surface area contributed by atoms with E-state index in [0.717, 1.165) is 11.1 Å². The highest BCUT2D eigenvalue weighted by molar-refractivity contribution is 5.76. The van der Waals surface area contributed by atoms with E-state index in [1.54, 1.807) is 24.3 Å². The number of carboxylic acid groups (broad SMARTS) is 1. The van der Waals surface area contributed by atoms with Crippen molar-refractivity contribution in [2.45, 2.75) is 12.5 Å². The third-order valence-corrected chi connectivity index (χ3v) is 3.18. The standard InChI is InChI=1S/C14H15NO2/c1-10-6-2-3-7-11(10)14(15)9-5-4-8-12(14)13(16)17/h2-9,12H,15H2,1H3,(H,16,17). The molecule has 2 rings (SSSR count). The quantitative estimate of drug-likeness (QED) is 0.815. The van der Waals surface area contributed by atoms with Crippen molar-refractivity contribution in [1.29, 1.82) is 0 Å². The van der Waals surface area contributed by atoms with Crippen molar-refractivity contribution in [2.75, 3.05) is 0 Å². The summed E-state index contributed by atoms with van der Waals surface area (Å²) < 4.78 is 0. The van der Waals surface area contributed by atoms with Gasteiger partial charge >= 0.3 is 5.97 Å². The van der Waals surface area contributed by atoms with Crippen molar-refractivity contribution in [3.63, 3.8) is 0 Å². The molecule has 0 saturated heterocycles. The van der Waals surface area contributed by atoms with Gasteiger partial charge in [-0.05, 0) is 18.1 Å². The molecule has 0 heterocycles. The Bertz CT molecular complexity index is 505. The van der Waals surface area contributed by atoms with Crippen LogP contribution >= 0.6 is 0 Å². The lowest BCUT2D eigenvalue weighted by Crippen LogP contribution is -2.46. The van der Waals surface area contributed by atoms with Gasteiger partial charge in [0.05, 0.1) is 5.54 Å². The second-order valence-electron chi connectivity index (χ2n) is 4.31. The first kappa shape index (κ1) is 11.6. The number of carbonyl (C=O) groups is 1. The van der Waals surface area contributed by atoms with E-state index in [2.05, 4.69) is 0 Å². The molecule has 0 amide bonds. The maximum atomic E-state index is 11.3. The minimum absolute atomic E-state index is 0.728. The number of hydrogen-bond acceptors (Lipinski definition) is 2. The van der Waals surface area contributed by atoms with Crippen molar-refractivity contribution in [2.24, 2.45) is 11.7 Å². The van der Waals surface area contributed by atoms with Crippen LogP contribution in [0.15, 0.2) is 48.6 Å². The van der Waals surface area contributed by atoms with Gasteiger partial charge in [0.1, 0.15) is 5.92 Å². The summed E-state index contributed by atoms with van der Waals surface area (Å²) in [6, 6.07) is 7.62. The molecule has 0 saturated carbocycles. The number of allylic oxidation sites excluding steroid dienone is 2. The first-order chi connectivity index (χ1) is 8.05. The number of aliphatic carboxylic acids is 1. The van der Waals surface area contributed by atoms with Gasteiger partial charge in [-0.1, -0.05) is 48.6 Å². The van der Waals surface area contributed by atoms with E-state index in [4.69, 9.17) is 5.73 Å². The summed E-state index contributed by atoms with van der Waals surface area (Å²) in [5, 5.41) is 9.26. The van der Waals surface area contributed by atoms with Gasteiger partial charge in [0.25, 0.3) is 0 Å². The molecule has 1 aliphatic carbocycles. The van der Waals surface area contributed by atoms with Gasteiger partial charge in [-0.25, -0.2) is 0 Å². The van der Waals surface area contributed by atoms with E-state index in [1.807, 2.05) is 31.2 Å². The van der Waals surface area contributed by atoms with Gasteiger partial charge in [-0.2, -0.15) is 0 Å². The SMILES string of the molecule is Cc1ccccc1C1(N)C=CC=CC1C(=O)O. The predicted molar refractivity (Wildman–Crippen MR) is 66.5 cm³/mol. The molecule has 0 radical (unpaired) electrons. The molecule has 2 unspecified atom stereocenters. The summed E-state index contributed by atoms with van der Waals surface area (Å²) in [4.78, 5) is 11.3. The van der Waals surface area contributed by atoms with Crippen LogP contribution in [0.25, 0.3) is 0 Å². The van der Waals surface area contributed by atoms with Crippen molar-refractivity contribution in [1.82, 2.24) is 0 Å². The molecule has 1 aromatic rings. The molecule has 1 aliphatic rings. The van der Waals surface area contributed by atoms with Crippen molar-refractivity contribution in [3.05, 3.63) is 59.7 Å². The Morgan fingerprint density at radius 2 is 2.06 bits per heavy atom. The molecule has 88 valence electrons. The number of carboxylic acids is 1. The zero-order valence-corrected chi connectivity index (χ0v) is 9.63. The highest BCUT2D eigenvalue weighted by Crippen LogP contribution is 2.34. The Morgan fingerprint density at radius 1 is 1.35 bits per heavy atom. The highest BCUT2D eigenvalue weighted by atomic mass is 16.4. The second-order valence-corrected chi connectivity index (χ2v) is 4.31. The summed E-state index contributed by atoms with van der Waals surface area (Å²) in [6.45, 7) is 1.94. The molecule has 3 heteroatoms. The van der Waals surface area contributed by atoms with Crippen LogP contribution in [0.4, 0.5) is 0 Å². The first-order valence-electron chi connectivity index (χ1n) is 5.49. The minimum atomic E-state index is -0.966. The lowest BCUT2D eigenvalue weighted by Gasteiger charge is -2.34. The molecule has 0 aliphatic heterocycles. The zero-order chi connectivity index (χ0) is 12.5. The van der Waals surface area contributed by atoms with E-state index < -0.39 is 17.4 Å². The number of rotatable bonds is 2. The average molecular weight is 229 g/mol. The van der Waals surface area contributed by atoms with Crippen LogP contribution in [0.5, 0.6) is 0 Å². The fourth-order valence-electron chi connectivity index (χ4n) is 2.26. The molecule has 3 N–H and O–H groups in total. The smallest absolute Gasteiger partial charge is 0.312 e. The summed E-state index contributed by atoms with van der Waals surface area (Å²) in [7, 11) is 0. The summed E-state index contributed by atoms with van der Waals surface area (Å²) >= 11 is 0. The van der Waals surface area contributed by atoms with Gasteiger partial charge in [-0.15, -0.1) is 0 Å². The number of hydrogen-bond donors (Lipinski definition) is 2. The summed E-state index contributed by atoms with van der Waals surface area (Å²) in [5.74, 6) is -1.63. The molecular weight excluding hydrogens is 214 g/mol. The monoisotopic (exact) mass is 229 g/mol. The molecular formula is C14H15NO2. The molecule has 0 fully saturated rings. The van der Waals surface area contributed by atoms with Gasteiger partial charge in [-0.3, -0.25) is 4.79 Å². The van der Waals surface area contributed by atoms with E-state index in [1.165, 1.54) is 0 Å². The van der Waals surface area contributed by atoms with E-state index in [-0.39, 0.29) is 0 Å². The fourth-order valence-corrected chi connectivity index (χ4v) is 2.26. The van der Waals surface area contributed by atoms with E-state index in [0.29, 0.717) is 0 Å². The molecule has 0 spiro atoms. The lowest BCUT2D eigenvalue weighted by molar-refractivity contribution is -0.141. The summed E-state index contributed by atoms with van der Waals surface area (Å²) in [6.07, 6.45) is 6.91. The predicted octanol–water partition coefficient (Wildman–Crippen LogP) is 1.98. The molecule has 2 atom stereocenters. The van der Waals surface area contributed by atoms with Crippen LogP contribution in [0.3, 0.4) is 0 Å². The van der Waals surface area contributed by atoms with Crippen LogP contribution < -0.4 is 5.73 Å². The Kier molecular flexibility index (Phi) is 2.86. The Labute approximate surface area is 100 Å². The maximum absolute atomic E-state index is 11.3. The first-order valence-corrected chi connectivity index (χ1v) is 5.49. The largest absolute Gasteiger partial charge is 0.481 e. The number of benzene rings is 1. The normalized spacial score (nSPS) is 27.1. The maximum Gasteiger partial charge on any atom is 0.312 e. The lowest BCUT2D eigenvalue weighted by atomic mass is 9.75. The third kappa shape index (κ3) is 1.89. The van der Waals surface area contributed by atoms with Crippen LogP contribution in [-0.4, -0.2) is 11.1 Å². The minimum Gasteiger partial charge on any atom is -0.481 e. The van der Waals surface area contributed by atoms with Gasteiger partial charge in [0.15, 0.2) is 0 Å². The molecule has 0 bridgehead atoms. The highest BCUT2D eigenvalue weighted by Gasteiger charge is 2.39. The van der Waals surface area contributed by atoms with Gasteiger partial charge in [0.2, 0.25) is 0 Å². The van der Waals surface area contributed by atoms with Crippen LogP contribution in [0.2, 0.25) is 0 Å². The molecule has 17 heavy (non-hydrogen) atoms. The van der Waals surface area contributed by atoms with Crippen LogP contribution in [0, 0.1) is 12.8 Å². The molecule has 1 aromatic carbocycles. The number of aryl methyl sites for hydroxylation is 1. The van der Waals surface area contributed by atoms with E-state index in [9.17, 15) is 9.90 Å². The summed E-state index contributed by atoms with van der Waals surface area (Å²) in [5.41, 5.74) is 7.20. The Balaban J connectivity index is 2.54. The third-order valence-electron chi connectivity index (χ3n) is 3.18. The van der Waals surface area contributed by atoms with Crippen molar-refractivity contribution in [3.8, 4) is 0 Å². The van der Waals surface area contributed by atoms with Gasteiger partial charge < -0.3 is 10.8 Å². The van der Waals surface area contributed by atoms with Crippen LogP contribution in [-0.2, 0) is 10.3 Å². The van der Waals surface area contributed by atoms with Crippen LogP contribution in [0.1, 0.15) is 11.1 Å². The zero-order valence-electron chi connectivity index (χ0n) is 9.63. The molecule has 3 nitrogen and oxygen atoms in total. The van der Waals surface area contributed by atoms with Crippen molar-refractivity contribution < 1.29 is 9.90 Å². The fraction of sp³-hybridized carbons (Fsp3) is 0.214. The van der Waals surface area contributed by atoms with Gasteiger partial charge in [0, 0.05) is 0 Å². The van der Waals surface area contributed by atoms with Crippen molar-refractivity contribution >= 4 is 5.97 Å².